The zero-order valence-corrected chi connectivity index (χ0v) is 8.30. The van der Waals surface area contributed by atoms with Gasteiger partial charge in [-0.1, -0.05) is 42.5 Å². The van der Waals surface area contributed by atoms with Crippen molar-refractivity contribution in [3.05, 3.63) is 65.7 Å². The molecule has 2 aromatic rings. The molecule has 0 aliphatic heterocycles. The predicted molar refractivity (Wildman–Crippen MR) is 60.6 cm³/mol. The van der Waals surface area contributed by atoms with Crippen LogP contribution in [0.5, 0.6) is 5.75 Å². The topological polar surface area (TPSA) is 46.2 Å². The number of benzene rings is 2. The minimum absolute atomic E-state index is 0.133. The van der Waals surface area contributed by atoms with E-state index in [0.29, 0.717) is 0 Å². The van der Waals surface area contributed by atoms with Crippen LogP contribution in [0.2, 0.25) is 0 Å². The Kier molecular flexibility index (Phi) is 2.70. The third-order valence-corrected chi connectivity index (χ3v) is 2.41. The number of aromatic hydroxyl groups is 1. The van der Waals surface area contributed by atoms with Crippen LogP contribution in [0.15, 0.2) is 54.6 Å². The molecule has 0 saturated heterocycles. The van der Waals surface area contributed by atoms with Gasteiger partial charge >= 0.3 is 0 Å². The van der Waals surface area contributed by atoms with E-state index in [1.807, 2.05) is 42.5 Å². The Hall–Kier alpha value is -1.80. The maximum atomic E-state index is 9.17. The Bertz CT molecular complexity index is 422. The lowest BCUT2D eigenvalue weighted by molar-refractivity contribution is 0.475. The standard InChI is InChI=1S/C13H13NO/c14-13(10-4-2-1-3-5-10)11-6-8-12(15)9-7-11/h1-9,13,15H,14H2/t13-/m0/s1. The van der Waals surface area contributed by atoms with Gasteiger partial charge in [0.25, 0.3) is 0 Å². The van der Waals surface area contributed by atoms with Crippen molar-refractivity contribution in [2.24, 2.45) is 5.73 Å². The lowest BCUT2D eigenvalue weighted by Gasteiger charge is -2.12. The first-order valence-corrected chi connectivity index (χ1v) is 4.87. The van der Waals surface area contributed by atoms with Crippen LogP contribution < -0.4 is 5.73 Å². The van der Waals surface area contributed by atoms with Crippen LogP contribution in [0.4, 0.5) is 0 Å². The van der Waals surface area contributed by atoms with Gasteiger partial charge in [-0.15, -0.1) is 0 Å². The average Bonchev–Trinajstić information content (AvgIpc) is 2.30. The van der Waals surface area contributed by atoms with E-state index in [1.165, 1.54) is 0 Å². The van der Waals surface area contributed by atoms with Crippen molar-refractivity contribution in [1.82, 2.24) is 0 Å². The second-order valence-corrected chi connectivity index (χ2v) is 3.48. The van der Waals surface area contributed by atoms with Gasteiger partial charge < -0.3 is 10.8 Å². The van der Waals surface area contributed by atoms with Crippen LogP contribution in [-0.4, -0.2) is 5.11 Å². The van der Waals surface area contributed by atoms with Gasteiger partial charge in [-0.25, -0.2) is 0 Å². The van der Waals surface area contributed by atoms with Crippen molar-refractivity contribution in [3.63, 3.8) is 0 Å². The van der Waals surface area contributed by atoms with E-state index in [9.17, 15) is 0 Å². The number of hydrogen-bond donors (Lipinski definition) is 2. The summed E-state index contributed by atoms with van der Waals surface area (Å²) >= 11 is 0. The summed E-state index contributed by atoms with van der Waals surface area (Å²) in [6, 6.07) is 16.7. The molecule has 0 heterocycles. The Morgan fingerprint density at radius 2 is 1.33 bits per heavy atom. The molecule has 0 unspecified atom stereocenters. The Morgan fingerprint density at radius 1 is 0.800 bits per heavy atom. The van der Waals surface area contributed by atoms with Crippen molar-refractivity contribution in [1.29, 1.82) is 0 Å². The van der Waals surface area contributed by atoms with Gasteiger partial charge in [0.2, 0.25) is 0 Å². The van der Waals surface area contributed by atoms with Gasteiger partial charge in [-0.2, -0.15) is 0 Å². The van der Waals surface area contributed by atoms with Gasteiger partial charge in [-0.3, -0.25) is 0 Å². The van der Waals surface area contributed by atoms with E-state index < -0.39 is 0 Å². The van der Waals surface area contributed by atoms with Crippen molar-refractivity contribution in [3.8, 4) is 5.75 Å². The highest BCUT2D eigenvalue weighted by molar-refractivity contribution is 5.34. The summed E-state index contributed by atoms with van der Waals surface area (Å²) in [4.78, 5) is 0. The zero-order valence-electron chi connectivity index (χ0n) is 8.30. The third kappa shape index (κ3) is 2.17. The van der Waals surface area contributed by atoms with Crippen molar-refractivity contribution >= 4 is 0 Å². The van der Waals surface area contributed by atoms with Crippen molar-refractivity contribution in [2.75, 3.05) is 0 Å². The highest BCUT2D eigenvalue weighted by atomic mass is 16.3. The first-order chi connectivity index (χ1) is 7.27. The smallest absolute Gasteiger partial charge is 0.115 e. The van der Waals surface area contributed by atoms with Gasteiger partial charge in [0.15, 0.2) is 0 Å². The van der Waals surface area contributed by atoms with E-state index in [1.54, 1.807) is 12.1 Å². The summed E-state index contributed by atoms with van der Waals surface area (Å²) in [5.74, 6) is 0.263. The number of rotatable bonds is 2. The monoisotopic (exact) mass is 199 g/mol. The Morgan fingerprint density at radius 3 is 1.93 bits per heavy atom. The highest BCUT2D eigenvalue weighted by Crippen LogP contribution is 2.20. The lowest BCUT2D eigenvalue weighted by atomic mass is 10.00. The maximum Gasteiger partial charge on any atom is 0.115 e. The first kappa shape index (κ1) is 9.74. The third-order valence-electron chi connectivity index (χ3n) is 2.41. The number of phenols is 1. The molecule has 0 saturated carbocycles. The lowest BCUT2D eigenvalue weighted by Crippen LogP contribution is -2.11. The fraction of sp³-hybridized carbons (Fsp3) is 0.0769. The van der Waals surface area contributed by atoms with Gasteiger partial charge in [0, 0.05) is 0 Å². The molecule has 0 spiro atoms. The molecule has 0 bridgehead atoms. The molecule has 1 atom stereocenters. The molecule has 15 heavy (non-hydrogen) atoms. The average molecular weight is 199 g/mol. The first-order valence-electron chi connectivity index (χ1n) is 4.87. The summed E-state index contributed by atoms with van der Waals surface area (Å²) < 4.78 is 0. The summed E-state index contributed by atoms with van der Waals surface area (Å²) in [6.07, 6.45) is 0. The maximum absolute atomic E-state index is 9.17. The van der Waals surface area contributed by atoms with Gasteiger partial charge in [-0.05, 0) is 23.3 Å². The molecule has 2 heteroatoms. The minimum Gasteiger partial charge on any atom is -0.508 e. The molecule has 0 aromatic heterocycles. The molecule has 0 aliphatic carbocycles. The summed E-state index contributed by atoms with van der Waals surface area (Å²) in [5.41, 5.74) is 8.16. The van der Waals surface area contributed by atoms with Crippen LogP contribution in [0.25, 0.3) is 0 Å². The van der Waals surface area contributed by atoms with E-state index in [4.69, 9.17) is 10.8 Å². The van der Waals surface area contributed by atoms with Crippen molar-refractivity contribution < 1.29 is 5.11 Å². The minimum atomic E-state index is -0.133. The second-order valence-electron chi connectivity index (χ2n) is 3.48. The number of nitrogens with two attached hydrogens (primary N) is 1. The molecule has 0 amide bonds. The van der Waals surface area contributed by atoms with E-state index in [2.05, 4.69) is 0 Å². The van der Waals surface area contributed by atoms with Crippen molar-refractivity contribution in [2.45, 2.75) is 6.04 Å². The fourth-order valence-electron chi connectivity index (χ4n) is 1.53. The summed E-state index contributed by atoms with van der Waals surface area (Å²) in [5, 5.41) is 9.17. The Balaban J connectivity index is 2.29. The largest absolute Gasteiger partial charge is 0.508 e. The molecule has 2 nitrogen and oxygen atoms in total. The highest BCUT2D eigenvalue weighted by Gasteiger charge is 2.07. The molecule has 0 radical (unpaired) electrons. The van der Waals surface area contributed by atoms with Crippen LogP contribution >= 0.6 is 0 Å². The molecule has 0 aliphatic rings. The second kappa shape index (κ2) is 4.15. The number of phenolic OH excluding ortho intramolecular Hbond substituents is 1. The van der Waals surface area contributed by atoms with Crippen LogP contribution in [0.1, 0.15) is 17.2 Å². The molecular formula is C13H13NO. The number of hydrogen-bond acceptors (Lipinski definition) is 2. The van der Waals surface area contributed by atoms with Crippen LogP contribution in [0.3, 0.4) is 0 Å². The quantitative estimate of drug-likeness (QED) is 0.780. The van der Waals surface area contributed by atoms with Gasteiger partial charge in [0.05, 0.1) is 6.04 Å². The summed E-state index contributed by atoms with van der Waals surface area (Å²) in [6.45, 7) is 0. The van der Waals surface area contributed by atoms with E-state index >= 15 is 0 Å². The predicted octanol–water partition coefficient (Wildman–Crippen LogP) is 2.44. The molecule has 76 valence electrons. The van der Waals surface area contributed by atoms with E-state index in [0.717, 1.165) is 11.1 Å². The molecule has 3 N–H and O–H groups in total. The normalized spacial score (nSPS) is 12.3. The van der Waals surface area contributed by atoms with E-state index in [-0.39, 0.29) is 11.8 Å². The van der Waals surface area contributed by atoms with Crippen LogP contribution in [-0.2, 0) is 0 Å². The molecule has 2 aromatic carbocycles. The molecule has 0 fully saturated rings. The van der Waals surface area contributed by atoms with Gasteiger partial charge in [0.1, 0.15) is 5.75 Å². The zero-order chi connectivity index (χ0) is 10.7. The molecule has 2 rings (SSSR count). The SMILES string of the molecule is N[C@@H](c1ccccc1)c1ccc(O)cc1. The Labute approximate surface area is 89.0 Å². The fourth-order valence-corrected chi connectivity index (χ4v) is 1.53. The molecular weight excluding hydrogens is 186 g/mol. The van der Waals surface area contributed by atoms with Crippen LogP contribution in [0, 0.1) is 0 Å². The summed E-state index contributed by atoms with van der Waals surface area (Å²) in [7, 11) is 0.